The van der Waals surface area contributed by atoms with E-state index in [0.717, 1.165) is 0 Å². The van der Waals surface area contributed by atoms with Crippen LogP contribution in [0.2, 0.25) is 0 Å². The van der Waals surface area contributed by atoms with Gasteiger partial charge in [0.2, 0.25) is 5.91 Å². The number of fused-ring (bicyclic) bond motifs is 2. The Hall–Kier alpha value is -2.71. The Morgan fingerprint density at radius 2 is 2.00 bits per heavy atom. The smallest absolute Gasteiger partial charge is 0.411 e. The zero-order valence-corrected chi connectivity index (χ0v) is 26.3. The van der Waals surface area contributed by atoms with Gasteiger partial charge in [0.15, 0.2) is 17.7 Å². The van der Waals surface area contributed by atoms with Crippen LogP contribution in [0, 0.1) is 23.7 Å². The summed E-state index contributed by atoms with van der Waals surface area (Å²) < 4.78 is 16.5. The molecule has 228 valence electrons. The van der Waals surface area contributed by atoms with Gasteiger partial charge in [-0.25, -0.2) is 4.79 Å². The van der Waals surface area contributed by atoms with Crippen LogP contribution in [0.5, 0.6) is 0 Å². The van der Waals surface area contributed by atoms with Gasteiger partial charge in [-0.3, -0.25) is 14.9 Å². The number of allylic oxidation sites excluding steroid dienone is 3. The van der Waals surface area contributed by atoms with Crippen LogP contribution < -0.4 is 5.32 Å². The van der Waals surface area contributed by atoms with E-state index in [1.54, 1.807) is 25.1 Å². The third-order valence-corrected chi connectivity index (χ3v) is 9.71. The molecule has 0 saturated carbocycles. The first-order valence-corrected chi connectivity index (χ1v) is 15.8. The van der Waals surface area contributed by atoms with Crippen LogP contribution >= 0.6 is 21.6 Å². The fourth-order valence-corrected chi connectivity index (χ4v) is 6.94. The molecular weight excluding hydrogens is 580 g/mol. The predicted molar refractivity (Wildman–Crippen MR) is 162 cm³/mol. The van der Waals surface area contributed by atoms with E-state index >= 15 is 0 Å². The van der Waals surface area contributed by atoms with Crippen molar-refractivity contribution >= 4 is 39.4 Å². The molecule has 0 unspecified atom stereocenters. The molecule has 42 heavy (non-hydrogen) atoms. The molecule has 1 saturated heterocycles. The highest BCUT2D eigenvalue weighted by Gasteiger charge is 2.45. The third kappa shape index (κ3) is 9.14. The number of carbonyl (C=O) groups excluding carboxylic acids is 3. The summed E-state index contributed by atoms with van der Waals surface area (Å²) in [7, 11) is 7.59. The van der Waals surface area contributed by atoms with Gasteiger partial charge in [0, 0.05) is 48.6 Å². The fraction of sp³-hybridized carbons (Fsp3) is 0.567. The van der Waals surface area contributed by atoms with Crippen LogP contribution in [0.25, 0.3) is 0 Å². The van der Waals surface area contributed by atoms with E-state index in [9.17, 15) is 24.6 Å². The normalized spacial score (nSPS) is 29.0. The number of rotatable bonds is 9. The highest BCUT2D eigenvalue weighted by molar-refractivity contribution is 8.77. The van der Waals surface area contributed by atoms with Crippen molar-refractivity contribution in [1.29, 1.82) is 0 Å². The van der Waals surface area contributed by atoms with Gasteiger partial charge in [-0.05, 0) is 39.3 Å². The van der Waals surface area contributed by atoms with Crippen LogP contribution in [-0.2, 0) is 23.8 Å². The SMILES string of the molecule is COC(=O)NC1=C2/C(=C\CSSC(C)(C)CC(=O)N(C)C)[C@](O)(C#C/C=C\C#C[C@@H]2O[C@H]2C[C@@H](O)C[C@@H](C)O2)CC1=O. The Balaban J connectivity index is 2.05. The molecule has 12 heteroatoms. The van der Waals surface area contributed by atoms with Gasteiger partial charge in [0.25, 0.3) is 0 Å². The van der Waals surface area contributed by atoms with E-state index in [0.29, 0.717) is 18.6 Å². The van der Waals surface area contributed by atoms with Crippen molar-refractivity contribution in [3.05, 3.63) is 35.1 Å². The first-order chi connectivity index (χ1) is 19.7. The molecule has 2 bridgehead atoms. The molecule has 0 aromatic heterocycles. The largest absolute Gasteiger partial charge is 0.453 e. The Morgan fingerprint density at radius 3 is 2.67 bits per heavy atom. The number of methoxy groups -OCH3 is 1. The molecule has 3 rings (SSSR count). The molecule has 0 radical (unpaired) electrons. The van der Waals surface area contributed by atoms with Gasteiger partial charge in [-0.15, -0.1) is 0 Å². The molecule has 0 aromatic carbocycles. The van der Waals surface area contributed by atoms with Crippen LogP contribution in [0.4, 0.5) is 4.79 Å². The highest BCUT2D eigenvalue weighted by atomic mass is 33.1. The van der Waals surface area contributed by atoms with E-state index in [1.165, 1.54) is 40.8 Å². The third-order valence-electron chi connectivity index (χ3n) is 6.57. The lowest BCUT2D eigenvalue weighted by molar-refractivity contribution is -0.216. The predicted octanol–water partition coefficient (Wildman–Crippen LogP) is 2.71. The first-order valence-electron chi connectivity index (χ1n) is 13.5. The molecular formula is C30H38N2O8S2. The molecule has 0 spiro atoms. The van der Waals surface area contributed by atoms with E-state index in [2.05, 4.69) is 29.0 Å². The number of nitrogens with one attached hydrogen (secondary N) is 1. The maximum Gasteiger partial charge on any atom is 0.411 e. The lowest BCUT2D eigenvalue weighted by Gasteiger charge is -2.38. The van der Waals surface area contributed by atoms with E-state index in [1.807, 2.05) is 20.8 Å². The first kappa shape index (κ1) is 33.8. The van der Waals surface area contributed by atoms with Gasteiger partial charge in [-0.1, -0.05) is 51.3 Å². The molecule has 2 amide bonds. The number of aliphatic hydroxyl groups excluding tert-OH is 1. The number of hydrogen-bond acceptors (Lipinski definition) is 10. The van der Waals surface area contributed by atoms with Crippen LogP contribution in [0.3, 0.4) is 0 Å². The molecule has 3 N–H and O–H groups in total. The number of amides is 2. The standard InChI is InChI=1S/C30H38N2O8S2/c1-19-15-20(33)16-25(39-19)40-23-11-9-7-8-10-13-30(37)17-22(34)27(31-28(36)38-6)26(23)21(30)12-14-41-42-29(2,3)18-24(35)32(4)5/h7-8,12,19-20,23,25,33,37H,14-18H2,1-6H3,(H,31,36)/b8-7-,21-12+/t19-,20+,23+,25+,30+/m1/s1. The topological polar surface area (TPSA) is 135 Å². The number of ether oxygens (including phenoxy) is 3. The molecule has 1 fully saturated rings. The second-order valence-electron chi connectivity index (χ2n) is 11.0. The Morgan fingerprint density at radius 1 is 1.29 bits per heavy atom. The van der Waals surface area contributed by atoms with E-state index in [-0.39, 0.29) is 40.0 Å². The summed E-state index contributed by atoms with van der Waals surface area (Å²) in [5.41, 5.74) is -1.63. The number of hydrogen-bond donors (Lipinski definition) is 3. The summed E-state index contributed by atoms with van der Waals surface area (Å²) in [5, 5.41) is 24.6. The van der Waals surface area contributed by atoms with Crippen molar-refractivity contribution < 1.29 is 38.8 Å². The van der Waals surface area contributed by atoms with Crippen LogP contribution in [0.15, 0.2) is 35.1 Å². The maximum absolute atomic E-state index is 13.4. The number of ketones is 1. The zero-order chi connectivity index (χ0) is 31.1. The molecule has 10 nitrogen and oxygen atoms in total. The van der Waals surface area contributed by atoms with E-state index in [4.69, 9.17) is 14.2 Å². The minimum absolute atomic E-state index is 0.0103. The molecule has 1 aliphatic heterocycles. The van der Waals surface area contributed by atoms with Gasteiger partial charge >= 0.3 is 6.09 Å². The zero-order valence-electron chi connectivity index (χ0n) is 24.7. The van der Waals surface area contributed by atoms with Crippen molar-refractivity contribution in [2.75, 3.05) is 27.0 Å². The Kier molecular flexibility index (Phi) is 11.8. The molecule has 3 aliphatic rings. The summed E-state index contributed by atoms with van der Waals surface area (Å²) in [6.45, 7) is 5.76. The number of nitrogens with zero attached hydrogens (tertiary/aromatic N) is 1. The number of alkyl carbamates (subject to hydrolysis) is 1. The monoisotopic (exact) mass is 618 g/mol. The van der Waals surface area contributed by atoms with Crippen molar-refractivity contribution in [3.8, 4) is 23.7 Å². The average molecular weight is 619 g/mol. The van der Waals surface area contributed by atoms with Crippen molar-refractivity contribution in [2.45, 2.75) is 81.4 Å². The van der Waals surface area contributed by atoms with Crippen molar-refractivity contribution in [2.24, 2.45) is 0 Å². The van der Waals surface area contributed by atoms with Gasteiger partial charge in [-0.2, -0.15) is 0 Å². The number of aliphatic hydroxyl groups is 2. The lowest BCUT2D eigenvalue weighted by Crippen LogP contribution is -2.46. The van der Waals surface area contributed by atoms with Crippen molar-refractivity contribution in [1.82, 2.24) is 10.2 Å². The minimum atomic E-state index is -1.90. The number of Topliss-reactive ketones (excluding diaryl/α,β-unsaturated/α-hetero) is 1. The summed E-state index contributed by atoms with van der Waals surface area (Å²) in [6, 6.07) is 0. The fourth-order valence-electron chi connectivity index (χ4n) is 4.59. The second-order valence-corrected chi connectivity index (χ2v) is 14.0. The van der Waals surface area contributed by atoms with Crippen molar-refractivity contribution in [3.63, 3.8) is 0 Å². The molecule has 5 atom stereocenters. The lowest BCUT2D eigenvalue weighted by atomic mass is 9.75. The Labute approximate surface area is 255 Å². The minimum Gasteiger partial charge on any atom is -0.453 e. The van der Waals surface area contributed by atoms with Crippen LogP contribution in [0.1, 0.15) is 46.5 Å². The summed E-state index contributed by atoms with van der Waals surface area (Å²) >= 11 is 0. The highest BCUT2D eigenvalue weighted by Crippen LogP contribution is 2.42. The molecule has 1 heterocycles. The van der Waals surface area contributed by atoms with Gasteiger partial charge < -0.3 is 29.3 Å². The van der Waals surface area contributed by atoms with Gasteiger partial charge in [0.05, 0.1) is 31.4 Å². The summed E-state index contributed by atoms with van der Waals surface area (Å²) in [5.74, 6) is 11.2. The maximum atomic E-state index is 13.4. The van der Waals surface area contributed by atoms with E-state index < -0.39 is 42.4 Å². The molecule has 0 aromatic rings. The van der Waals surface area contributed by atoms with Crippen LogP contribution in [-0.4, -0.2) is 94.8 Å². The number of carbonyl (C=O) groups is 3. The van der Waals surface area contributed by atoms with Gasteiger partial charge in [0.1, 0.15) is 6.10 Å². The summed E-state index contributed by atoms with van der Waals surface area (Å²) in [4.78, 5) is 39.6. The second kappa shape index (κ2) is 14.6. The average Bonchev–Trinajstić information content (AvgIpc) is 2.88. The Bertz CT molecular complexity index is 1270. The molecule has 2 aliphatic carbocycles. The quantitative estimate of drug-likeness (QED) is 0.201. The summed E-state index contributed by atoms with van der Waals surface area (Å²) in [6.07, 6.45) is 1.42.